The molecule has 10 heteroatoms. The fourth-order valence-electron chi connectivity index (χ4n) is 3.03. The highest BCUT2D eigenvalue weighted by Gasteiger charge is 2.24. The van der Waals surface area contributed by atoms with Gasteiger partial charge in [-0.3, -0.25) is 20.2 Å². The monoisotopic (exact) mass is 407 g/mol. The van der Waals surface area contributed by atoms with Gasteiger partial charge in [-0.25, -0.2) is 9.59 Å². The molecule has 0 saturated heterocycles. The van der Waals surface area contributed by atoms with E-state index in [2.05, 4.69) is 10.6 Å². The number of nitro groups is 1. The SMILES string of the molecule is CCOc1ccc(C(=O)O[C@H](C)C(=O)NC(=O)NC2CCCCC2)cc1[N+](=O)[O-]. The van der Waals surface area contributed by atoms with Crippen LogP contribution in [0.2, 0.25) is 0 Å². The van der Waals surface area contributed by atoms with Gasteiger partial charge in [-0.2, -0.15) is 0 Å². The molecule has 1 aromatic carbocycles. The molecular formula is C19H25N3O7. The number of nitrogens with one attached hydrogen (secondary N) is 2. The Morgan fingerprint density at radius 1 is 1.24 bits per heavy atom. The molecule has 2 N–H and O–H groups in total. The van der Waals surface area contributed by atoms with Crippen molar-refractivity contribution in [3.63, 3.8) is 0 Å². The van der Waals surface area contributed by atoms with Crippen LogP contribution in [0.4, 0.5) is 10.5 Å². The van der Waals surface area contributed by atoms with E-state index in [1.807, 2.05) is 0 Å². The quantitative estimate of drug-likeness (QED) is 0.403. The Morgan fingerprint density at radius 3 is 2.55 bits per heavy atom. The zero-order chi connectivity index (χ0) is 21.4. The lowest BCUT2D eigenvalue weighted by Crippen LogP contribution is -2.48. The molecule has 0 radical (unpaired) electrons. The van der Waals surface area contributed by atoms with Crippen molar-refractivity contribution in [2.75, 3.05) is 6.61 Å². The van der Waals surface area contributed by atoms with E-state index in [0.29, 0.717) is 0 Å². The largest absolute Gasteiger partial charge is 0.487 e. The number of amides is 3. The van der Waals surface area contributed by atoms with Crippen molar-refractivity contribution in [1.29, 1.82) is 0 Å². The van der Waals surface area contributed by atoms with Crippen molar-refractivity contribution in [3.8, 4) is 5.75 Å². The number of benzene rings is 1. The predicted octanol–water partition coefficient (Wildman–Crippen LogP) is 2.70. The van der Waals surface area contributed by atoms with Gasteiger partial charge in [0.1, 0.15) is 0 Å². The molecule has 0 aliphatic heterocycles. The van der Waals surface area contributed by atoms with Gasteiger partial charge in [0.2, 0.25) is 0 Å². The van der Waals surface area contributed by atoms with Crippen molar-refractivity contribution in [2.24, 2.45) is 0 Å². The highest BCUT2D eigenvalue weighted by molar-refractivity contribution is 5.98. The van der Waals surface area contributed by atoms with E-state index >= 15 is 0 Å². The molecule has 1 fully saturated rings. The molecule has 10 nitrogen and oxygen atoms in total. The van der Waals surface area contributed by atoms with Gasteiger partial charge in [0, 0.05) is 12.1 Å². The maximum Gasteiger partial charge on any atom is 0.339 e. The topological polar surface area (TPSA) is 137 Å². The van der Waals surface area contributed by atoms with Crippen LogP contribution in [0, 0.1) is 10.1 Å². The number of hydrogen-bond donors (Lipinski definition) is 2. The van der Waals surface area contributed by atoms with Gasteiger partial charge >= 0.3 is 17.7 Å². The first-order chi connectivity index (χ1) is 13.8. The lowest BCUT2D eigenvalue weighted by Gasteiger charge is -2.23. The molecule has 1 atom stereocenters. The molecule has 3 amide bonds. The second-order valence-electron chi connectivity index (χ2n) is 6.72. The van der Waals surface area contributed by atoms with E-state index in [9.17, 15) is 24.5 Å². The van der Waals surface area contributed by atoms with Gasteiger partial charge in [-0.1, -0.05) is 19.3 Å². The molecule has 0 heterocycles. The summed E-state index contributed by atoms with van der Waals surface area (Å²) in [5, 5.41) is 16.0. The summed E-state index contributed by atoms with van der Waals surface area (Å²) in [4.78, 5) is 46.7. The number of nitrogens with zero attached hydrogens (tertiary/aromatic N) is 1. The highest BCUT2D eigenvalue weighted by Crippen LogP contribution is 2.28. The third kappa shape index (κ3) is 6.44. The first-order valence-corrected chi connectivity index (χ1v) is 9.55. The lowest BCUT2D eigenvalue weighted by molar-refractivity contribution is -0.385. The van der Waals surface area contributed by atoms with Crippen molar-refractivity contribution >= 4 is 23.6 Å². The second kappa shape index (κ2) is 10.4. The molecule has 0 bridgehead atoms. The minimum Gasteiger partial charge on any atom is -0.487 e. The number of hydrogen-bond acceptors (Lipinski definition) is 7. The smallest absolute Gasteiger partial charge is 0.339 e. The summed E-state index contributed by atoms with van der Waals surface area (Å²) in [5.74, 6) is -1.68. The summed E-state index contributed by atoms with van der Waals surface area (Å²) in [6.45, 7) is 3.21. The number of ether oxygens (including phenoxy) is 2. The normalized spacial score (nSPS) is 15.1. The van der Waals surface area contributed by atoms with E-state index in [1.165, 1.54) is 19.1 Å². The van der Waals surface area contributed by atoms with Gasteiger partial charge in [0.25, 0.3) is 5.91 Å². The predicted molar refractivity (Wildman–Crippen MR) is 103 cm³/mol. The minimum atomic E-state index is -1.26. The van der Waals surface area contributed by atoms with Crippen LogP contribution in [0.1, 0.15) is 56.3 Å². The summed E-state index contributed by atoms with van der Waals surface area (Å²) in [6.07, 6.45) is 3.66. The molecule has 1 aliphatic carbocycles. The lowest BCUT2D eigenvalue weighted by atomic mass is 9.96. The summed E-state index contributed by atoms with van der Waals surface area (Å²) in [5.41, 5.74) is -0.489. The third-order valence-electron chi connectivity index (χ3n) is 4.52. The standard InChI is InChI=1S/C19H25N3O7/c1-3-28-16-10-9-13(11-15(16)22(26)27)18(24)29-12(2)17(23)21-19(25)20-14-7-5-4-6-8-14/h9-12,14H,3-8H2,1-2H3,(H2,20,21,23,25)/t12-/m1/s1. The number of urea groups is 1. The Hall–Kier alpha value is -3.17. The van der Waals surface area contributed by atoms with Gasteiger partial charge in [0.05, 0.1) is 17.1 Å². The summed E-state index contributed by atoms with van der Waals surface area (Å²) in [7, 11) is 0. The fraction of sp³-hybridized carbons (Fsp3) is 0.526. The van der Waals surface area contributed by atoms with Crippen LogP contribution >= 0.6 is 0 Å². The number of rotatable bonds is 7. The van der Waals surface area contributed by atoms with Crippen LogP contribution in [0.5, 0.6) is 5.75 Å². The van der Waals surface area contributed by atoms with Crippen LogP contribution in [-0.2, 0) is 9.53 Å². The van der Waals surface area contributed by atoms with Gasteiger partial charge < -0.3 is 14.8 Å². The van der Waals surface area contributed by atoms with E-state index < -0.39 is 28.9 Å². The molecular weight excluding hydrogens is 382 g/mol. The molecule has 1 aliphatic rings. The van der Waals surface area contributed by atoms with E-state index in [-0.39, 0.29) is 29.6 Å². The molecule has 0 spiro atoms. The van der Waals surface area contributed by atoms with Crippen molar-refractivity contribution in [1.82, 2.24) is 10.6 Å². The molecule has 0 unspecified atom stereocenters. The zero-order valence-electron chi connectivity index (χ0n) is 16.4. The average molecular weight is 407 g/mol. The Balaban J connectivity index is 1.93. The van der Waals surface area contributed by atoms with Crippen molar-refractivity contribution < 1.29 is 28.8 Å². The van der Waals surface area contributed by atoms with Gasteiger partial charge in [0.15, 0.2) is 11.9 Å². The van der Waals surface area contributed by atoms with Crippen molar-refractivity contribution in [2.45, 2.75) is 58.1 Å². The Kier molecular flexibility index (Phi) is 7.93. The molecule has 2 rings (SSSR count). The number of esters is 1. The summed E-state index contributed by atoms with van der Waals surface area (Å²) < 4.78 is 10.2. The number of nitro benzene ring substituents is 1. The molecule has 0 aromatic heterocycles. The highest BCUT2D eigenvalue weighted by atomic mass is 16.6. The van der Waals surface area contributed by atoms with Gasteiger partial charge in [-0.15, -0.1) is 0 Å². The zero-order valence-corrected chi connectivity index (χ0v) is 16.4. The summed E-state index contributed by atoms with van der Waals surface area (Å²) in [6, 6.07) is 3.01. The van der Waals surface area contributed by atoms with Crippen LogP contribution in [0.3, 0.4) is 0 Å². The third-order valence-corrected chi connectivity index (χ3v) is 4.52. The Morgan fingerprint density at radius 2 is 1.93 bits per heavy atom. The van der Waals surface area contributed by atoms with Crippen molar-refractivity contribution in [3.05, 3.63) is 33.9 Å². The van der Waals surface area contributed by atoms with Crippen LogP contribution in [0.15, 0.2) is 18.2 Å². The Bertz CT molecular complexity index is 775. The molecule has 158 valence electrons. The second-order valence-corrected chi connectivity index (χ2v) is 6.72. The summed E-state index contributed by atoms with van der Waals surface area (Å²) >= 11 is 0. The van der Waals surface area contributed by atoms with E-state index in [4.69, 9.17) is 9.47 Å². The fourth-order valence-corrected chi connectivity index (χ4v) is 3.03. The molecule has 1 aromatic rings. The van der Waals surface area contributed by atoms with Crippen LogP contribution < -0.4 is 15.4 Å². The number of imide groups is 1. The maximum absolute atomic E-state index is 12.2. The molecule has 1 saturated carbocycles. The molecule has 29 heavy (non-hydrogen) atoms. The van der Waals surface area contributed by atoms with E-state index in [1.54, 1.807) is 6.92 Å². The number of carbonyl (C=O) groups is 3. The van der Waals surface area contributed by atoms with Crippen LogP contribution in [0.25, 0.3) is 0 Å². The number of carbonyl (C=O) groups excluding carboxylic acids is 3. The first kappa shape index (κ1) is 22.1. The van der Waals surface area contributed by atoms with Gasteiger partial charge in [-0.05, 0) is 38.8 Å². The average Bonchev–Trinajstić information content (AvgIpc) is 2.68. The maximum atomic E-state index is 12.2. The minimum absolute atomic E-state index is 0.0267. The van der Waals surface area contributed by atoms with E-state index in [0.717, 1.165) is 38.2 Å². The first-order valence-electron chi connectivity index (χ1n) is 9.55. The Labute approximate surface area is 168 Å². The van der Waals surface area contributed by atoms with Crippen LogP contribution in [-0.4, -0.2) is 41.6 Å².